The summed E-state index contributed by atoms with van der Waals surface area (Å²) in [6.07, 6.45) is 3.82. The molecule has 0 aliphatic carbocycles. The van der Waals surface area contributed by atoms with E-state index in [4.69, 9.17) is 0 Å². The molecule has 2 atom stereocenters. The minimum atomic E-state index is 0.505. The van der Waals surface area contributed by atoms with Crippen molar-refractivity contribution in [3.05, 3.63) is 71.3 Å². The molecule has 1 saturated heterocycles. The van der Waals surface area contributed by atoms with Crippen LogP contribution in [0.3, 0.4) is 0 Å². The van der Waals surface area contributed by atoms with Gasteiger partial charge in [0.25, 0.3) is 0 Å². The van der Waals surface area contributed by atoms with Crippen molar-refractivity contribution in [2.45, 2.75) is 39.2 Å². The average molecular weight is 293 g/mol. The van der Waals surface area contributed by atoms with Gasteiger partial charge in [-0.05, 0) is 49.8 Å². The lowest BCUT2D eigenvalue weighted by molar-refractivity contribution is 0.129. The molecule has 22 heavy (non-hydrogen) atoms. The third-order valence-corrected chi connectivity index (χ3v) is 4.86. The Morgan fingerprint density at radius 3 is 2.45 bits per heavy atom. The first-order valence-corrected chi connectivity index (χ1v) is 8.57. The quantitative estimate of drug-likeness (QED) is 0.766. The fraction of sp³-hybridized carbons (Fsp3) is 0.429. The Balaban J connectivity index is 1.85. The molecular weight excluding hydrogens is 266 g/mol. The van der Waals surface area contributed by atoms with Crippen LogP contribution in [0.25, 0.3) is 0 Å². The molecule has 0 amide bonds. The predicted octanol–water partition coefficient (Wildman–Crippen LogP) is 5.01. The number of hydrogen-bond acceptors (Lipinski definition) is 1. The molecule has 1 fully saturated rings. The third kappa shape index (κ3) is 3.78. The van der Waals surface area contributed by atoms with Gasteiger partial charge in [-0.1, -0.05) is 67.1 Å². The third-order valence-electron chi connectivity index (χ3n) is 4.86. The molecule has 1 nitrogen and oxygen atoms in total. The second-order valence-corrected chi connectivity index (χ2v) is 6.86. The van der Waals surface area contributed by atoms with E-state index in [0.29, 0.717) is 6.04 Å². The summed E-state index contributed by atoms with van der Waals surface area (Å²) >= 11 is 0. The van der Waals surface area contributed by atoms with Crippen LogP contribution in [-0.2, 0) is 6.42 Å². The molecular formula is C21H27N. The minimum Gasteiger partial charge on any atom is -0.296 e. The second-order valence-electron chi connectivity index (χ2n) is 6.86. The van der Waals surface area contributed by atoms with Gasteiger partial charge < -0.3 is 0 Å². The molecule has 0 N–H and O–H groups in total. The highest BCUT2D eigenvalue weighted by Gasteiger charge is 2.25. The molecule has 1 aliphatic heterocycles. The van der Waals surface area contributed by atoms with Gasteiger partial charge in [0.15, 0.2) is 0 Å². The number of likely N-dealkylation sites (tertiary alicyclic amines) is 1. The van der Waals surface area contributed by atoms with Gasteiger partial charge in [-0.3, -0.25) is 4.90 Å². The van der Waals surface area contributed by atoms with Crippen molar-refractivity contribution < 1.29 is 0 Å². The molecule has 0 bridgehead atoms. The molecule has 1 heterocycles. The monoisotopic (exact) mass is 293 g/mol. The summed E-state index contributed by atoms with van der Waals surface area (Å²) in [5, 5.41) is 0. The van der Waals surface area contributed by atoms with Crippen LogP contribution in [0.5, 0.6) is 0 Å². The van der Waals surface area contributed by atoms with Gasteiger partial charge in [0, 0.05) is 12.6 Å². The van der Waals surface area contributed by atoms with Crippen LogP contribution in [0, 0.1) is 12.8 Å². The van der Waals surface area contributed by atoms with Crippen LogP contribution in [0.4, 0.5) is 0 Å². The van der Waals surface area contributed by atoms with Crippen LogP contribution in [-0.4, -0.2) is 18.0 Å². The first-order chi connectivity index (χ1) is 10.7. The molecule has 116 valence electrons. The standard InChI is InChI=1S/C21H27N/c1-17-10-12-20(13-11-17)21(15-19-8-4-3-5-9-19)22-14-6-7-18(2)16-22/h3-5,8-13,18,21H,6-7,14-16H2,1-2H3/t18-,21+/m0/s1. The SMILES string of the molecule is Cc1ccc([C@@H](Cc2ccccc2)N2CCC[C@H](C)C2)cc1. The summed E-state index contributed by atoms with van der Waals surface area (Å²) in [4.78, 5) is 2.70. The summed E-state index contributed by atoms with van der Waals surface area (Å²) in [6.45, 7) is 7.01. The Morgan fingerprint density at radius 1 is 1.05 bits per heavy atom. The normalized spacial score (nSPS) is 20.7. The minimum absolute atomic E-state index is 0.505. The number of rotatable bonds is 4. The molecule has 0 saturated carbocycles. The zero-order chi connectivity index (χ0) is 15.4. The molecule has 0 radical (unpaired) electrons. The second kappa shape index (κ2) is 7.11. The number of nitrogens with zero attached hydrogens (tertiary/aromatic N) is 1. The molecule has 0 spiro atoms. The number of hydrogen-bond donors (Lipinski definition) is 0. The number of aryl methyl sites for hydroxylation is 1. The Labute approximate surface area is 135 Å². The molecule has 2 aromatic carbocycles. The van der Waals surface area contributed by atoms with E-state index in [2.05, 4.69) is 73.3 Å². The largest absolute Gasteiger partial charge is 0.296 e. The number of benzene rings is 2. The smallest absolute Gasteiger partial charge is 0.0388 e. The highest BCUT2D eigenvalue weighted by Crippen LogP contribution is 2.30. The molecule has 0 unspecified atom stereocenters. The summed E-state index contributed by atoms with van der Waals surface area (Å²) < 4.78 is 0. The number of piperidine rings is 1. The molecule has 1 heteroatoms. The Hall–Kier alpha value is -1.60. The van der Waals surface area contributed by atoms with Gasteiger partial charge in [0.1, 0.15) is 0 Å². The van der Waals surface area contributed by atoms with Gasteiger partial charge in [-0.15, -0.1) is 0 Å². The Kier molecular flexibility index (Phi) is 4.94. The zero-order valence-corrected chi connectivity index (χ0v) is 13.8. The van der Waals surface area contributed by atoms with Gasteiger partial charge >= 0.3 is 0 Å². The lowest BCUT2D eigenvalue weighted by Crippen LogP contribution is -2.38. The van der Waals surface area contributed by atoms with Crippen LogP contribution >= 0.6 is 0 Å². The van der Waals surface area contributed by atoms with Crippen molar-refractivity contribution in [2.24, 2.45) is 5.92 Å². The van der Waals surface area contributed by atoms with E-state index in [1.54, 1.807) is 0 Å². The van der Waals surface area contributed by atoms with E-state index < -0.39 is 0 Å². The van der Waals surface area contributed by atoms with Crippen LogP contribution in [0.2, 0.25) is 0 Å². The Morgan fingerprint density at radius 2 is 1.77 bits per heavy atom. The Bertz CT molecular complexity index is 573. The summed E-state index contributed by atoms with van der Waals surface area (Å²) in [6, 6.07) is 20.6. The van der Waals surface area contributed by atoms with Crippen LogP contribution in [0.1, 0.15) is 42.5 Å². The van der Waals surface area contributed by atoms with E-state index >= 15 is 0 Å². The van der Waals surface area contributed by atoms with Crippen molar-refractivity contribution in [3.8, 4) is 0 Å². The maximum Gasteiger partial charge on any atom is 0.0388 e. The first kappa shape index (κ1) is 15.3. The first-order valence-electron chi connectivity index (χ1n) is 8.57. The van der Waals surface area contributed by atoms with Crippen molar-refractivity contribution in [3.63, 3.8) is 0 Å². The van der Waals surface area contributed by atoms with Crippen molar-refractivity contribution in [1.29, 1.82) is 0 Å². The van der Waals surface area contributed by atoms with Gasteiger partial charge in [-0.2, -0.15) is 0 Å². The van der Waals surface area contributed by atoms with Crippen LogP contribution in [0.15, 0.2) is 54.6 Å². The summed E-state index contributed by atoms with van der Waals surface area (Å²) in [5.41, 5.74) is 4.24. The van der Waals surface area contributed by atoms with E-state index in [9.17, 15) is 0 Å². The molecule has 2 aromatic rings. The van der Waals surface area contributed by atoms with Crippen LogP contribution < -0.4 is 0 Å². The molecule has 3 rings (SSSR count). The predicted molar refractivity (Wildman–Crippen MR) is 94.0 cm³/mol. The van der Waals surface area contributed by atoms with Gasteiger partial charge in [-0.25, -0.2) is 0 Å². The maximum atomic E-state index is 2.70. The molecule has 1 aliphatic rings. The van der Waals surface area contributed by atoms with E-state index in [-0.39, 0.29) is 0 Å². The molecule has 0 aromatic heterocycles. The van der Waals surface area contributed by atoms with Gasteiger partial charge in [0.2, 0.25) is 0 Å². The average Bonchev–Trinajstić information content (AvgIpc) is 2.55. The topological polar surface area (TPSA) is 3.24 Å². The fourth-order valence-electron chi connectivity index (χ4n) is 3.59. The zero-order valence-electron chi connectivity index (χ0n) is 13.8. The van der Waals surface area contributed by atoms with Crippen molar-refractivity contribution >= 4 is 0 Å². The lowest BCUT2D eigenvalue weighted by Gasteiger charge is -2.38. The summed E-state index contributed by atoms with van der Waals surface area (Å²) in [7, 11) is 0. The summed E-state index contributed by atoms with van der Waals surface area (Å²) in [5.74, 6) is 0.817. The fourth-order valence-corrected chi connectivity index (χ4v) is 3.59. The van der Waals surface area contributed by atoms with E-state index in [1.165, 1.54) is 42.6 Å². The van der Waals surface area contributed by atoms with Gasteiger partial charge in [0.05, 0.1) is 0 Å². The highest BCUT2D eigenvalue weighted by atomic mass is 15.2. The lowest BCUT2D eigenvalue weighted by atomic mass is 9.92. The van der Waals surface area contributed by atoms with Crippen molar-refractivity contribution in [1.82, 2.24) is 4.90 Å². The van der Waals surface area contributed by atoms with Crippen molar-refractivity contribution in [2.75, 3.05) is 13.1 Å². The highest BCUT2D eigenvalue weighted by molar-refractivity contribution is 5.27. The van der Waals surface area contributed by atoms with E-state index in [1.807, 2.05) is 0 Å². The van der Waals surface area contributed by atoms with E-state index in [0.717, 1.165) is 12.3 Å². The maximum absolute atomic E-state index is 2.70.